The summed E-state index contributed by atoms with van der Waals surface area (Å²) >= 11 is 0. The number of fused-ring (bicyclic) bond motifs is 5. The molecule has 0 aromatic rings. The normalized spacial score (nSPS) is 48.3. The third-order valence-electron chi connectivity index (χ3n) is 9.07. The van der Waals surface area contributed by atoms with E-state index < -0.39 is 5.79 Å². The molecule has 1 N–H and O–H groups in total. The summed E-state index contributed by atoms with van der Waals surface area (Å²) < 4.78 is 17.5. The van der Waals surface area contributed by atoms with Gasteiger partial charge in [-0.3, -0.25) is 0 Å². The summed E-state index contributed by atoms with van der Waals surface area (Å²) in [6, 6.07) is 0. The molecular formula is C22H32O5. The van der Waals surface area contributed by atoms with Crippen LogP contribution in [0.3, 0.4) is 0 Å². The van der Waals surface area contributed by atoms with Gasteiger partial charge in [-0.05, 0) is 61.7 Å². The number of carbonyl (C=O) groups excluding carboxylic acids is 1. The number of cyclic esters (lactones) is 1. The molecule has 0 amide bonds. The first-order valence-electron chi connectivity index (χ1n) is 10.7. The summed E-state index contributed by atoms with van der Waals surface area (Å²) in [6.45, 7) is 6.40. The number of hydrogen-bond acceptors (Lipinski definition) is 5. The lowest BCUT2D eigenvalue weighted by Gasteiger charge is -2.58. The molecule has 5 nitrogen and oxygen atoms in total. The van der Waals surface area contributed by atoms with Gasteiger partial charge >= 0.3 is 5.97 Å². The first-order valence-corrected chi connectivity index (χ1v) is 10.7. The number of carbonyl (C=O) groups is 1. The molecule has 3 aliphatic carbocycles. The Bertz CT molecular complexity index is 666. The van der Waals surface area contributed by atoms with Crippen LogP contribution < -0.4 is 0 Å². The average molecular weight is 376 g/mol. The summed E-state index contributed by atoms with van der Waals surface area (Å²) in [5, 5.41) is 10.1. The Morgan fingerprint density at radius 3 is 2.63 bits per heavy atom. The van der Waals surface area contributed by atoms with Gasteiger partial charge in [-0.25, -0.2) is 4.79 Å². The van der Waals surface area contributed by atoms with Gasteiger partial charge in [0.2, 0.25) is 0 Å². The van der Waals surface area contributed by atoms with E-state index in [1.54, 1.807) is 6.08 Å². The highest BCUT2D eigenvalue weighted by Crippen LogP contribution is 2.67. The topological polar surface area (TPSA) is 65.0 Å². The Morgan fingerprint density at radius 1 is 1.11 bits per heavy atom. The molecule has 0 radical (unpaired) electrons. The van der Waals surface area contributed by atoms with Gasteiger partial charge < -0.3 is 19.3 Å². The summed E-state index contributed by atoms with van der Waals surface area (Å²) in [5.74, 6) is 1.18. The molecule has 0 aromatic heterocycles. The van der Waals surface area contributed by atoms with Crippen molar-refractivity contribution in [1.29, 1.82) is 0 Å². The zero-order chi connectivity index (χ0) is 18.9. The van der Waals surface area contributed by atoms with Crippen molar-refractivity contribution in [1.82, 2.24) is 0 Å². The van der Waals surface area contributed by atoms with Crippen LogP contribution >= 0.6 is 0 Å². The molecule has 0 bridgehead atoms. The standard InChI is InChI=1S/C22H32O5/c1-20-8-7-17-15(4-3-14-11-19(24)25-13-21(14,17)2)16(20)5-6-18(20)22(12-23)26-9-10-27-22/h11,15-18,23H,3-10,12-13H2,1-2H3/t15?,16?,17?,18?,20-,21-/m0/s1. The third kappa shape index (κ3) is 2.37. The summed E-state index contributed by atoms with van der Waals surface area (Å²) in [6.07, 6.45) is 8.50. The van der Waals surface area contributed by atoms with Crippen molar-refractivity contribution in [2.75, 3.05) is 26.4 Å². The summed E-state index contributed by atoms with van der Waals surface area (Å²) in [4.78, 5) is 11.8. The molecule has 0 aromatic carbocycles. The molecule has 0 spiro atoms. The predicted octanol–water partition coefficient (Wildman–Crippen LogP) is 3.06. The summed E-state index contributed by atoms with van der Waals surface area (Å²) in [5.41, 5.74) is 1.47. The minimum atomic E-state index is -0.791. The van der Waals surface area contributed by atoms with E-state index >= 15 is 0 Å². The molecule has 150 valence electrons. The molecule has 2 heterocycles. The molecule has 4 unspecified atom stereocenters. The van der Waals surface area contributed by atoms with E-state index in [1.165, 1.54) is 18.4 Å². The lowest BCUT2D eigenvalue weighted by molar-refractivity contribution is -0.245. The second-order valence-corrected chi connectivity index (χ2v) is 9.95. The fourth-order valence-corrected chi connectivity index (χ4v) is 7.76. The van der Waals surface area contributed by atoms with Crippen molar-refractivity contribution in [3.05, 3.63) is 11.6 Å². The van der Waals surface area contributed by atoms with E-state index in [-0.39, 0.29) is 29.3 Å². The van der Waals surface area contributed by atoms with Gasteiger partial charge in [-0.1, -0.05) is 19.4 Å². The molecule has 6 atom stereocenters. The van der Waals surface area contributed by atoms with Crippen LogP contribution in [0.15, 0.2) is 11.6 Å². The first kappa shape index (κ1) is 18.1. The molecular weight excluding hydrogens is 344 g/mol. The summed E-state index contributed by atoms with van der Waals surface area (Å²) in [7, 11) is 0. The van der Waals surface area contributed by atoms with Crippen molar-refractivity contribution in [2.24, 2.45) is 34.5 Å². The smallest absolute Gasteiger partial charge is 0.330 e. The highest BCUT2D eigenvalue weighted by Gasteiger charge is 2.64. The number of rotatable bonds is 2. The van der Waals surface area contributed by atoms with E-state index in [9.17, 15) is 9.90 Å². The van der Waals surface area contributed by atoms with Crippen LogP contribution in [-0.2, 0) is 19.0 Å². The molecule has 3 saturated carbocycles. The molecule has 27 heavy (non-hydrogen) atoms. The maximum absolute atomic E-state index is 11.8. The van der Waals surface area contributed by atoms with Gasteiger partial charge in [0.05, 0.1) is 19.8 Å². The van der Waals surface area contributed by atoms with Crippen LogP contribution in [0.4, 0.5) is 0 Å². The third-order valence-corrected chi connectivity index (χ3v) is 9.07. The maximum Gasteiger partial charge on any atom is 0.330 e. The van der Waals surface area contributed by atoms with Crippen LogP contribution in [0.5, 0.6) is 0 Å². The second kappa shape index (κ2) is 6.04. The second-order valence-electron chi connectivity index (χ2n) is 9.95. The van der Waals surface area contributed by atoms with E-state index in [1.807, 2.05) is 0 Å². The van der Waals surface area contributed by atoms with Crippen molar-refractivity contribution in [3.63, 3.8) is 0 Å². The van der Waals surface area contributed by atoms with Crippen molar-refractivity contribution in [3.8, 4) is 0 Å². The number of esters is 1. The Morgan fingerprint density at radius 2 is 1.89 bits per heavy atom. The maximum atomic E-state index is 11.8. The Labute approximate surface area is 161 Å². The Balaban J connectivity index is 1.45. The van der Waals surface area contributed by atoms with Crippen molar-refractivity contribution >= 4 is 5.97 Å². The average Bonchev–Trinajstić information content (AvgIpc) is 3.27. The first-order chi connectivity index (χ1) is 12.9. The number of hydrogen-bond donors (Lipinski definition) is 1. The van der Waals surface area contributed by atoms with Crippen molar-refractivity contribution in [2.45, 2.75) is 58.2 Å². The highest BCUT2D eigenvalue weighted by atomic mass is 16.7. The molecule has 5 rings (SSSR count). The van der Waals surface area contributed by atoms with Crippen LogP contribution in [0.1, 0.15) is 52.4 Å². The van der Waals surface area contributed by atoms with E-state index in [4.69, 9.17) is 14.2 Å². The van der Waals surface area contributed by atoms with Gasteiger partial charge in [0, 0.05) is 17.4 Å². The van der Waals surface area contributed by atoms with Crippen LogP contribution in [0.25, 0.3) is 0 Å². The molecule has 5 heteroatoms. The molecule has 4 fully saturated rings. The van der Waals surface area contributed by atoms with Gasteiger partial charge in [0.15, 0.2) is 5.79 Å². The number of ether oxygens (including phenoxy) is 3. The zero-order valence-electron chi connectivity index (χ0n) is 16.5. The Kier molecular flexibility index (Phi) is 4.06. The predicted molar refractivity (Wildman–Crippen MR) is 98.6 cm³/mol. The van der Waals surface area contributed by atoms with Crippen LogP contribution in [0.2, 0.25) is 0 Å². The van der Waals surface area contributed by atoms with Gasteiger partial charge in [-0.2, -0.15) is 0 Å². The highest BCUT2D eigenvalue weighted by molar-refractivity contribution is 5.84. The fraction of sp³-hybridized carbons (Fsp3) is 0.864. The SMILES string of the molecule is C[C@]12CCC3C(CCC4=CC(=O)OC[C@@]43C)C1CCC2C1(CO)OCCO1. The lowest BCUT2D eigenvalue weighted by atomic mass is 9.48. The number of aliphatic hydroxyl groups excluding tert-OH is 1. The monoisotopic (exact) mass is 376 g/mol. The largest absolute Gasteiger partial charge is 0.462 e. The zero-order valence-corrected chi connectivity index (χ0v) is 16.5. The van der Waals surface area contributed by atoms with E-state index in [0.29, 0.717) is 37.6 Å². The number of aliphatic hydroxyl groups is 1. The lowest BCUT2D eigenvalue weighted by Crippen LogP contribution is -2.55. The quantitative estimate of drug-likeness (QED) is 0.751. The molecule has 2 aliphatic heterocycles. The Hall–Kier alpha value is -0.910. The van der Waals surface area contributed by atoms with Crippen LogP contribution in [0, 0.1) is 34.5 Å². The van der Waals surface area contributed by atoms with Gasteiger partial charge in [0.25, 0.3) is 0 Å². The van der Waals surface area contributed by atoms with Crippen LogP contribution in [-0.4, -0.2) is 43.3 Å². The minimum Gasteiger partial charge on any atom is -0.462 e. The minimum absolute atomic E-state index is 0.00523. The van der Waals surface area contributed by atoms with Gasteiger partial charge in [-0.15, -0.1) is 0 Å². The van der Waals surface area contributed by atoms with E-state index in [0.717, 1.165) is 25.7 Å². The van der Waals surface area contributed by atoms with Crippen molar-refractivity contribution < 1.29 is 24.1 Å². The fourth-order valence-electron chi connectivity index (χ4n) is 7.76. The molecule has 1 saturated heterocycles. The van der Waals surface area contributed by atoms with E-state index in [2.05, 4.69) is 13.8 Å². The van der Waals surface area contributed by atoms with Gasteiger partial charge in [0.1, 0.15) is 6.61 Å². The molecule has 5 aliphatic rings.